The lowest BCUT2D eigenvalue weighted by molar-refractivity contribution is -0.167. The second-order valence-electron chi connectivity index (χ2n) is 11.8. The maximum absolute atomic E-state index is 13.8. The van der Waals surface area contributed by atoms with Crippen molar-refractivity contribution in [1.82, 2.24) is 10.2 Å². The van der Waals surface area contributed by atoms with E-state index in [-0.39, 0.29) is 35.4 Å². The number of hydrogen-bond donors (Lipinski definition) is 1. The predicted molar refractivity (Wildman–Crippen MR) is 160 cm³/mol. The number of carbonyl (C=O) groups is 3. The highest BCUT2D eigenvalue weighted by Gasteiger charge is 2.45. The molecule has 9 heteroatoms. The van der Waals surface area contributed by atoms with Crippen LogP contribution in [-0.4, -0.2) is 69.1 Å². The minimum Gasteiger partial charge on any atom is -0.496 e. The Hall–Kier alpha value is -3.10. The number of benzene rings is 2. The minimum absolute atomic E-state index is 0.0170. The molecule has 42 heavy (non-hydrogen) atoms. The van der Waals surface area contributed by atoms with Gasteiger partial charge in [-0.15, -0.1) is 0 Å². The van der Waals surface area contributed by atoms with Gasteiger partial charge in [0.25, 0.3) is 5.91 Å². The van der Waals surface area contributed by atoms with E-state index in [1.54, 1.807) is 0 Å². The molecule has 2 aromatic rings. The predicted octanol–water partition coefficient (Wildman–Crippen LogP) is 5.13. The Kier molecular flexibility index (Phi) is 10.1. The van der Waals surface area contributed by atoms with E-state index in [9.17, 15) is 14.4 Å². The highest BCUT2D eigenvalue weighted by molar-refractivity contribution is 6.32. The largest absolute Gasteiger partial charge is 0.496 e. The van der Waals surface area contributed by atoms with Gasteiger partial charge < -0.3 is 19.5 Å². The molecule has 1 aliphatic carbocycles. The van der Waals surface area contributed by atoms with E-state index in [1.807, 2.05) is 6.07 Å². The van der Waals surface area contributed by atoms with Crippen molar-refractivity contribution in [2.45, 2.75) is 69.3 Å². The lowest BCUT2D eigenvalue weighted by Gasteiger charge is -2.45. The maximum atomic E-state index is 13.8. The molecule has 1 amide bonds. The van der Waals surface area contributed by atoms with Crippen LogP contribution in [0.1, 0.15) is 72.9 Å². The number of nitrogens with one attached hydrogen (secondary N) is 1. The summed E-state index contributed by atoms with van der Waals surface area (Å²) in [7, 11) is 1.45. The number of ether oxygens (including phenoxy) is 3. The van der Waals surface area contributed by atoms with Gasteiger partial charge in [-0.1, -0.05) is 55.1 Å². The fourth-order valence-electron chi connectivity index (χ4n) is 6.73. The molecule has 6 rings (SSSR count). The quantitative estimate of drug-likeness (QED) is 0.206. The van der Waals surface area contributed by atoms with Gasteiger partial charge in [0.05, 0.1) is 23.1 Å². The van der Waals surface area contributed by atoms with Crippen LogP contribution in [-0.2, 0) is 26.2 Å². The topological polar surface area (TPSA) is 94.2 Å². The average Bonchev–Trinajstić information content (AvgIpc) is 3.03. The maximum Gasteiger partial charge on any atom is 0.316 e. The molecule has 3 saturated heterocycles. The summed E-state index contributed by atoms with van der Waals surface area (Å²) in [6.45, 7) is 3.40. The number of fused-ring (bicyclic) bond motifs is 3. The summed E-state index contributed by atoms with van der Waals surface area (Å²) >= 11 is 6.17. The fraction of sp³-hybridized carbons (Fsp3) is 0.545. The minimum atomic E-state index is -0.570. The Balaban J connectivity index is 1.14. The number of esters is 1. The standard InChI is InChI=1S/C33H41ClN2O6/c1-40-28-19-29(27(34)18-25(28)21-37)41-22-31(38)35-14-6-8-23-7-5-9-26(17-23)33(12-3-2-4-13-33)32(39)42-30-20-36-15-10-24(30)11-16-36/h5,7,9,17-19,21,24,30H,2-4,6,8,10-16,20,22H2,1H3,(H,35,38)/t30-/m0/s1. The van der Waals surface area contributed by atoms with Crippen LogP contribution in [0.3, 0.4) is 0 Å². The second-order valence-corrected chi connectivity index (χ2v) is 12.2. The second kappa shape index (κ2) is 13.9. The van der Waals surface area contributed by atoms with E-state index in [0.29, 0.717) is 30.1 Å². The lowest BCUT2D eigenvalue weighted by Crippen LogP contribution is -2.53. The molecular formula is C33H41ClN2O6. The third-order valence-electron chi connectivity index (χ3n) is 9.17. The van der Waals surface area contributed by atoms with Gasteiger partial charge in [-0.3, -0.25) is 19.3 Å². The number of amides is 1. The molecule has 0 spiro atoms. The van der Waals surface area contributed by atoms with Crippen molar-refractivity contribution in [1.29, 1.82) is 0 Å². The van der Waals surface area contributed by atoms with Crippen LogP contribution in [0, 0.1) is 5.92 Å². The van der Waals surface area contributed by atoms with Crippen LogP contribution in [0.4, 0.5) is 0 Å². The molecule has 226 valence electrons. The third kappa shape index (κ3) is 6.92. The zero-order valence-electron chi connectivity index (χ0n) is 24.4. The Morgan fingerprint density at radius 2 is 1.88 bits per heavy atom. The number of nitrogens with zero attached hydrogens (tertiary/aromatic N) is 1. The van der Waals surface area contributed by atoms with Crippen LogP contribution in [0.5, 0.6) is 11.5 Å². The molecule has 1 saturated carbocycles. The van der Waals surface area contributed by atoms with Gasteiger partial charge in [-0.05, 0) is 74.7 Å². The molecule has 4 fully saturated rings. The van der Waals surface area contributed by atoms with Crippen molar-refractivity contribution in [2.24, 2.45) is 5.92 Å². The molecule has 1 N–H and O–H groups in total. The summed E-state index contributed by atoms with van der Waals surface area (Å²) in [4.78, 5) is 39.8. The summed E-state index contributed by atoms with van der Waals surface area (Å²) in [5.74, 6) is 0.789. The summed E-state index contributed by atoms with van der Waals surface area (Å²) in [6.07, 6.45) is 9.33. The van der Waals surface area contributed by atoms with Crippen molar-refractivity contribution in [3.05, 3.63) is 58.1 Å². The third-order valence-corrected chi connectivity index (χ3v) is 9.46. The van der Waals surface area contributed by atoms with Crippen LogP contribution in [0.25, 0.3) is 0 Å². The van der Waals surface area contributed by atoms with E-state index < -0.39 is 5.41 Å². The zero-order valence-corrected chi connectivity index (χ0v) is 25.1. The Bertz CT molecular complexity index is 1270. The number of rotatable bonds is 12. The summed E-state index contributed by atoms with van der Waals surface area (Å²) in [6, 6.07) is 11.3. The monoisotopic (exact) mass is 596 g/mol. The molecule has 3 heterocycles. The van der Waals surface area contributed by atoms with E-state index >= 15 is 0 Å². The van der Waals surface area contributed by atoms with Crippen molar-refractivity contribution in [2.75, 3.05) is 39.9 Å². The van der Waals surface area contributed by atoms with Crippen LogP contribution in [0.2, 0.25) is 5.02 Å². The van der Waals surface area contributed by atoms with Gasteiger partial charge in [-0.25, -0.2) is 0 Å². The smallest absolute Gasteiger partial charge is 0.316 e. The zero-order chi connectivity index (χ0) is 29.5. The van der Waals surface area contributed by atoms with E-state index in [2.05, 4.69) is 28.4 Å². The van der Waals surface area contributed by atoms with Gasteiger partial charge in [0.15, 0.2) is 12.9 Å². The van der Waals surface area contributed by atoms with Crippen LogP contribution in [0.15, 0.2) is 36.4 Å². The van der Waals surface area contributed by atoms with Crippen molar-refractivity contribution in [3.63, 3.8) is 0 Å². The summed E-state index contributed by atoms with van der Waals surface area (Å²) < 4.78 is 17.0. The molecule has 2 bridgehead atoms. The van der Waals surface area contributed by atoms with Gasteiger partial charge in [0.2, 0.25) is 0 Å². The van der Waals surface area contributed by atoms with Gasteiger partial charge >= 0.3 is 5.97 Å². The number of halogens is 1. The molecule has 4 aliphatic rings. The van der Waals surface area contributed by atoms with Crippen LogP contribution >= 0.6 is 11.6 Å². The molecule has 0 radical (unpaired) electrons. The molecular weight excluding hydrogens is 556 g/mol. The van der Waals surface area contributed by atoms with E-state index in [4.69, 9.17) is 25.8 Å². The van der Waals surface area contributed by atoms with Crippen LogP contribution < -0.4 is 14.8 Å². The number of carbonyl (C=O) groups excluding carboxylic acids is 3. The molecule has 8 nitrogen and oxygen atoms in total. The normalized spacial score (nSPS) is 22.7. The summed E-state index contributed by atoms with van der Waals surface area (Å²) in [5.41, 5.74) is 1.95. The first-order chi connectivity index (χ1) is 20.4. The molecule has 2 aromatic carbocycles. The Morgan fingerprint density at radius 1 is 1.10 bits per heavy atom. The van der Waals surface area contributed by atoms with Crippen molar-refractivity contribution < 1.29 is 28.6 Å². The Labute approximate surface area is 253 Å². The number of aryl methyl sites for hydroxylation is 1. The van der Waals surface area contributed by atoms with E-state index in [1.165, 1.54) is 19.2 Å². The molecule has 0 unspecified atom stereocenters. The first-order valence-corrected chi connectivity index (χ1v) is 15.5. The van der Waals surface area contributed by atoms with Crippen molar-refractivity contribution >= 4 is 29.8 Å². The number of methoxy groups -OCH3 is 1. The molecule has 1 atom stereocenters. The fourth-order valence-corrected chi connectivity index (χ4v) is 6.96. The SMILES string of the molecule is COc1cc(OCC(=O)NCCCc2cccc(C3(C(=O)O[C@H]4CN5CCC4CC5)CCCCC3)c2)c(Cl)cc1C=O. The lowest BCUT2D eigenvalue weighted by atomic mass is 9.69. The highest BCUT2D eigenvalue weighted by atomic mass is 35.5. The van der Waals surface area contributed by atoms with Gasteiger partial charge in [-0.2, -0.15) is 0 Å². The first-order valence-electron chi connectivity index (χ1n) is 15.2. The first kappa shape index (κ1) is 30.4. The number of hydrogen-bond acceptors (Lipinski definition) is 7. The van der Waals surface area contributed by atoms with Gasteiger partial charge in [0.1, 0.15) is 17.6 Å². The van der Waals surface area contributed by atoms with Crippen molar-refractivity contribution in [3.8, 4) is 11.5 Å². The Morgan fingerprint density at radius 3 is 2.57 bits per heavy atom. The summed E-state index contributed by atoms with van der Waals surface area (Å²) in [5, 5.41) is 3.11. The average molecular weight is 597 g/mol. The van der Waals surface area contributed by atoms with Gasteiger partial charge in [0, 0.05) is 19.2 Å². The number of piperidine rings is 3. The number of aldehydes is 1. The highest BCUT2D eigenvalue weighted by Crippen LogP contribution is 2.42. The molecule has 0 aromatic heterocycles. The van der Waals surface area contributed by atoms with E-state index in [0.717, 1.165) is 88.5 Å². The molecule has 3 aliphatic heterocycles.